The Labute approximate surface area is 110 Å². The van der Waals surface area contributed by atoms with Crippen molar-refractivity contribution in [3.05, 3.63) is 0 Å². The summed E-state index contributed by atoms with van der Waals surface area (Å²) in [5.41, 5.74) is -0.294. The summed E-state index contributed by atoms with van der Waals surface area (Å²) in [5.74, 6) is 0.510. The molecule has 0 bridgehead atoms. The third kappa shape index (κ3) is 5.23. The van der Waals surface area contributed by atoms with Crippen LogP contribution in [0.3, 0.4) is 0 Å². The average Bonchev–Trinajstić information content (AvgIpc) is 2.62. The summed E-state index contributed by atoms with van der Waals surface area (Å²) in [4.78, 5) is 11.9. The van der Waals surface area contributed by atoms with Crippen molar-refractivity contribution < 1.29 is 9.90 Å². The van der Waals surface area contributed by atoms with Gasteiger partial charge < -0.3 is 15.7 Å². The van der Waals surface area contributed by atoms with Crippen LogP contribution in [0.2, 0.25) is 0 Å². The van der Waals surface area contributed by atoms with Gasteiger partial charge in [-0.15, -0.1) is 12.4 Å². The Bertz CT molecular complexity index is 241. The zero-order chi connectivity index (χ0) is 12.2. The number of nitrogens with one attached hydrogen (secondary N) is 2. The minimum Gasteiger partial charge on any atom is -0.391 e. The molecule has 1 saturated heterocycles. The van der Waals surface area contributed by atoms with E-state index in [1.54, 1.807) is 0 Å². The van der Waals surface area contributed by atoms with Crippen LogP contribution < -0.4 is 10.6 Å². The van der Waals surface area contributed by atoms with Crippen LogP contribution in [-0.4, -0.2) is 36.8 Å². The molecule has 2 atom stereocenters. The first-order valence-corrected chi connectivity index (χ1v) is 6.11. The van der Waals surface area contributed by atoms with E-state index in [4.69, 9.17) is 0 Å². The highest BCUT2D eigenvalue weighted by molar-refractivity contribution is 5.85. The first kappa shape index (κ1) is 16.7. The van der Waals surface area contributed by atoms with E-state index in [0.717, 1.165) is 25.9 Å². The maximum absolute atomic E-state index is 11.9. The molecule has 3 N–H and O–H groups in total. The molecule has 0 radical (unpaired) electrons. The highest BCUT2D eigenvalue weighted by atomic mass is 35.5. The first-order chi connectivity index (χ1) is 7.44. The fourth-order valence-corrected chi connectivity index (χ4v) is 2.06. The molecule has 1 heterocycles. The Hall–Kier alpha value is -0.320. The molecule has 0 spiro atoms. The van der Waals surface area contributed by atoms with Crippen LogP contribution in [0.1, 0.15) is 33.6 Å². The highest BCUT2D eigenvalue weighted by Crippen LogP contribution is 2.24. The average molecular weight is 265 g/mol. The van der Waals surface area contributed by atoms with E-state index in [1.165, 1.54) is 0 Å². The summed E-state index contributed by atoms with van der Waals surface area (Å²) >= 11 is 0. The van der Waals surface area contributed by atoms with Crippen molar-refractivity contribution in [2.75, 3.05) is 19.6 Å². The number of rotatable bonds is 5. The van der Waals surface area contributed by atoms with Gasteiger partial charge in [-0.2, -0.15) is 0 Å². The zero-order valence-corrected chi connectivity index (χ0v) is 11.8. The van der Waals surface area contributed by atoms with Gasteiger partial charge in [0.1, 0.15) is 0 Å². The molecule has 1 fully saturated rings. The van der Waals surface area contributed by atoms with Gasteiger partial charge in [0, 0.05) is 13.1 Å². The fraction of sp³-hybridized carbons (Fsp3) is 0.917. The topological polar surface area (TPSA) is 61.4 Å². The van der Waals surface area contributed by atoms with Gasteiger partial charge >= 0.3 is 0 Å². The number of aliphatic hydroxyl groups is 1. The lowest BCUT2D eigenvalue weighted by molar-refractivity contribution is -0.129. The molecule has 0 aromatic rings. The minimum atomic E-state index is -0.429. The zero-order valence-electron chi connectivity index (χ0n) is 11.0. The Morgan fingerprint density at radius 1 is 1.53 bits per heavy atom. The molecule has 0 aromatic heterocycles. The lowest BCUT2D eigenvalue weighted by Crippen LogP contribution is -2.43. The van der Waals surface area contributed by atoms with Crippen molar-refractivity contribution in [2.45, 2.75) is 39.7 Å². The van der Waals surface area contributed by atoms with Crippen molar-refractivity contribution in [1.82, 2.24) is 10.6 Å². The lowest BCUT2D eigenvalue weighted by atomic mass is 9.88. The second-order valence-corrected chi connectivity index (χ2v) is 5.48. The van der Waals surface area contributed by atoms with Gasteiger partial charge in [-0.25, -0.2) is 0 Å². The molecule has 0 aromatic carbocycles. The van der Waals surface area contributed by atoms with Crippen LogP contribution in [0, 0.1) is 11.3 Å². The third-order valence-electron chi connectivity index (χ3n) is 3.16. The second kappa shape index (κ2) is 7.19. The SMILES string of the molecule is CC(C)CC(O)CNC(=O)C1(C)CCNC1.Cl. The van der Waals surface area contributed by atoms with E-state index in [-0.39, 0.29) is 23.7 Å². The minimum absolute atomic E-state index is 0. The highest BCUT2D eigenvalue weighted by Gasteiger charge is 2.36. The maximum atomic E-state index is 11.9. The summed E-state index contributed by atoms with van der Waals surface area (Å²) < 4.78 is 0. The number of hydrogen-bond acceptors (Lipinski definition) is 3. The largest absolute Gasteiger partial charge is 0.391 e. The van der Waals surface area contributed by atoms with Crippen LogP contribution in [0.5, 0.6) is 0 Å². The van der Waals surface area contributed by atoms with Crippen molar-refractivity contribution in [2.24, 2.45) is 11.3 Å². The summed E-state index contributed by atoms with van der Waals surface area (Å²) in [6, 6.07) is 0. The van der Waals surface area contributed by atoms with Gasteiger partial charge in [0.2, 0.25) is 5.91 Å². The Kier molecular flexibility index (Phi) is 7.05. The number of carbonyl (C=O) groups is 1. The third-order valence-corrected chi connectivity index (χ3v) is 3.16. The van der Waals surface area contributed by atoms with Crippen LogP contribution in [0.25, 0.3) is 0 Å². The molecule has 0 saturated carbocycles. The number of amides is 1. The molecule has 102 valence electrons. The predicted molar refractivity (Wildman–Crippen MR) is 71.3 cm³/mol. The van der Waals surface area contributed by atoms with Crippen LogP contribution in [-0.2, 0) is 4.79 Å². The van der Waals surface area contributed by atoms with Gasteiger partial charge in [-0.1, -0.05) is 13.8 Å². The van der Waals surface area contributed by atoms with E-state index in [2.05, 4.69) is 24.5 Å². The molecule has 17 heavy (non-hydrogen) atoms. The Morgan fingerprint density at radius 2 is 2.18 bits per heavy atom. The molecule has 2 unspecified atom stereocenters. The van der Waals surface area contributed by atoms with E-state index in [9.17, 15) is 9.90 Å². The monoisotopic (exact) mass is 264 g/mol. The summed E-state index contributed by atoms with van der Waals surface area (Å²) in [5, 5.41) is 15.7. The van der Waals surface area contributed by atoms with Crippen LogP contribution in [0.4, 0.5) is 0 Å². The quantitative estimate of drug-likeness (QED) is 0.692. The number of carbonyl (C=O) groups excluding carboxylic acids is 1. The van der Waals surface area contributed by atoms with Crippen LogP contribution >= 0.6 is 12.4 Å². The second-order valence-electron chi connectivity index (χ2n) is 5.48. The van der Waals surface area contributed by atoms with E-state index >= 15 is 0 Å². The van der Waals surface area contributed by atoms with E-state index in [1.807, 2.05) is 6.92 Å². The predicted octanol–water partition coefficient (Wildman–Crippen LogP) is 0.931. The fourth-order valence-electron chi connectivity index (χ4n) is 2.06. The lowest BCUT2D eigenvalue weighted by Gasteiger charge is -2.23. The standard InChI is InChI=1S/C12H24N2O2.ClH/c1-9(2)6-10(15)7-14-11(16)12(3)4-5-13-8-12;/h9-10,13,15H,4-8H2,1-3H3,(H,14,16);1H. The first-order valence-electron chi connectivity index (χ1n) is 6.11. The van der Waals surface area contributed by atoms with Gasteiger partial charge in [0.05, 0.1) is 11.5 Å². The van der Waals surface area contributed by atoms with Gasteiger partial charge in [0.25, 0.3) is 0 Å². The van der Waals surface area contributed by atoms with E-state index < -0.39 is 6.10 Å². The summed E-state index contributed by atoms with van der Waals surface area (Å²) in [6.07, 6.45) is 1.18. The molecule has 1 rings (SSSR count). The molecule has 4 nitrogen and oxygen atoms in total. The van der Waals surface area contributed by atoms with E-state index in [0.29, 0.717) is 12.5 Å². The van der Waals surface area contributed by atoms with Crippen molar-refractivity contribution in [1.29, 1.82) is 0 Å². The molecular weight excluding hydrogens is 240 g/mol. The van der Waals surface area contributed by atoms with Crippen molar-refractivity contribution in [3.63, 3.8) is 0 Å². The van der Waals surface area contributed by atoms with Crippen molar-refractivity contribution >= 4 is 18.3 Å². The normalized spacial score (nSPS) is 25.5. The molecule has 1 amide bonds. The molecular formula is C12H25ClN2O2. The summed E-state index contributed by atoms with van der Waals surface area (Å²) in [7, 11) is 0. The number of hydrogen-bond donors (Lipinski definition) is 3. The van der Waals surface area contributed by atoms with Gasteiger partial charge in [-0.3, -0.25) is 4.79 Å². The molecule has 5 heteroatoms. The van der Waals surface area contributed by atoms with Gasteiger partial charge in [-0.05, 0) is 32.2 Å². The number of aliphatic hydroxyl groups excluding tert-OH is 1. The van der Waals surface area contributed by atoms with Gasteiger partial charge in [0.15, 0.2) is 0 Å². The molecule has 0 aliphatic carbocycles. The number of halogens is 1. The molecule has 1 aliphatic heterocycles. The van der Waals surface area contributed by atoms with Crippen LogP contribution in [0.15, 0.2) is 0 Å². The molecule has 1 aliphatic rings. The van der Waals surface area contributed by atoms with Crippen molar-refractivity contribution in [3.8, 4) is 0 Å². The maximum Gasteiger partial charge on any atom is 0.227 e. The summed E-state index contributed by atoms with van der Waals surface area (Å²) in [6.45, 7) is 8.10. The Balaban J connectivity index is 0.00000256. The Morgan fingerprint density at radius 3 is 2.65 bits per heavy atom. The smallest absolute Gasteiger partial charge is 0.227 e.